The lowest BCUT2D eigenvalue weighted by Crippen LogP contribution is -2.23. The molecule has 0 saturated heterocycles. The molecule has 0 unspecified atom stereocenters. The molecule has 1 N–H and O–H groups in total. The summed E-state index contributed by atoms with van der Waals surface area (Å²) in [5.41, 5.74) is 2.10. The molecular formula is C19H19N5O4S. The number of amides is 1. The number of aromatic nitrogens is 4. The monoisotopic (exact) mass is 413 g/mol. The first-order valence-electron chi connectivity index (χ1n) is 8.78. The summed E-state index contributed by atoms with van der Waals surface area (Å²) in [6.45, 7) is 2.67. The van der Waals surface area contributed by atoms with Crippen LogP contribution in [0.2, 0.25) is 0 Å². The van der Waals surface area contributed by atoms with Crippen LogP contribution in [0.25, 0.3) is 11.4 Å². The van der Waals surface area contributed by atoms with Crippen LogP contribution in [0, 0.1) is 0 Å². The zero-order valence-corrected chi connectivity index (χ0v) is 16.7. The molecule has 9 nitrogen and oxygen atoms in total. The van der Waals surface area contributed by atoms with Crippen LogP contribution in [0.5, 0.6) is 0 Å². The van der Waals surface area contributed by atoms with Crippen LogP contribution >= 0.6 is 11.3 Å². The predicted octanol–water partition coefficient (Wildman–Crippen LogP) is 2.02. The van der Waals surface area contributed by atoms with E-state index in [1.165, 1.54) is 18.3 Å². The molecule has 3 aromatic rings. The van der Waals surface area contributed by atoms with Crippen molar-refractivity contribution in [3.8, 4) is 11.4 Å². The standard InChI is InChI=1S/C19H19N5O4S/c1-12(20-13(2)25)14-3-5-15(6-4-14)17(26)10-28-18(27)9-24-22-19(21-23-24)16-7-8-29-11-16/h3-8,11-12H,9-10H2,1-2H3,(H,20,25)/t12-/m1/s1. The Hall–Kier alpha value is -3.40. The Bertz CT molecular complexity index is 998. The summed E-state index contributed by atoms with van der Waals surface area (Å²) in [6, 6.07) is 8.46. The van der Waals surface area contributed by atoms with Crippen molar-refractivity contribution >= 4 is 29.0 Å². The first kappa shape index (κ1) is 20.3. The van der Waals surface area contributed by atoms with Crippen molar-refractivity contribution in [3.63, 3.8) is 0 Å². The zero-order valence-electron chi connectivity index (χ0n) is 15.9. The second kappa shape index (κ2) is 9.20. The van der Waals surface area contributed by atoms with E-state index in [1.807, 2.05) is 23.8 Å². The molecule has 1 atom stereocenters. The Morgan fingerprint density at radius 1 is 1.21 bits per heavy atom. The summed E-state index contributed by atoms with van der Waals surface area (Å²) in [7, 11) is 0. The number of carbonyl (C=O) groups excluding carboxylic acids is 3. The van der Waals surface area contributed by atoms with Gasteiger partial charge in [-0.25, -0.2) is 4.79 Å². The van der Waals surface area contributed by atoms with Crippen LogP contribution in [-0.2, 0) is 20.9 Å². The summed E-state index contributed by atoms with van der Waals surface area (Å²) in [5, 5.41) is 18.3. The minimum Gasteiger partial charge on any atom is -0.456 e. The van der Waals surface area contributed by atoms with E-state index in [2.05, 4.69) is 20.7 Å². The molecule has 0 bridgehead atoms. The third kappa shape index (κ3) is 5.55. The number of esters is 1. The van der Waals surface area contributed by atoms with Crippen LogP contribution in [-0.4, -0.2) is 44.5 Å². The van der Waals surface area contributed by atoms with E-state index in [0.29, 0.717) is 11.4 Å². The predicted molar refractivity (Wildman–Crippen MR) is 105 cm³/mol. The van der Waals surface area contributed by atoms with Gasteiger partial charge in [0.15, 0.2) is 18.9 Å². The number of nitrogens with one attached hydrogen (secondary N) is 1. The normalized spacial score (nSPS) is 11.7. The molecule has 0 fully saturated rings. The summed E-state index contributed by atoms with van der Waals surface area (Å²) in [6.07, 6.45) is 0. The third-order valence-electron chi connectivity index (χ3n) is 4.02. The van der Waals surface area contributed by atoms with Gasteiger partial charge >= 0.3 is 5.97 Å². The van der Waals surface area contributed by atoms with E-state index in [0.717, 1.165) is 15.9 Å². The highest BCUT2D eigenvalue weighted by Crippen LogP contribution is 2.16. The van der Waals surface area contributed by atoms with Crippen LogP contribution in [0.3, 0.4) is 0 Å². The van der Waals surface area contributed by atoms with Crippen molar-refractivity contribution in [3.05, 3.63) is 52.2 Å². The number of hydrogen-bond donors (Lipinski definition) is 1. The number of ether oxygens (including phenoxy) is 1. The number of ketones is 1. The number of tetrazole rings is 1. The first-order chi connectivity index (χ1) is 13.9. The molecule has 0 aliphatic rings. The van der Waals surface area contributed by atoms with Gasteiger partial charge in [-0.1, -0.05) is 24.3 Å². The maximum atomic E-state index is 12.2. The van der Waals surface area contributed by atoms with E-state index in [-0.39, 0.29) is 30.9 Å². The van der Waals surface area contributed by atoms with Gasteiger partial charge in [-0.15, -0.1) is 10.2 Å². The Kier molecular flexibility index (Phi) is 6.45. The largest absolute Gasteiger partial charge is 0.456 e. The Labute approximate surface area is 170 Å². The van der Waals surface area contributed by atoms with Crippen LogP contribution in [0.4, 0.5) is 0 Å². The van der Waals surface area contributed by atoms with Crippen molar-refractivity contribution in [2.75, 3.05) is 6.61 Å². The second-order valence-corrected chi connectivity index (χ2v) is 7.06. The summed E-state index contributed by atoms with van der Waals surface area (Å²) in [5.74, 6) is -0.677. The molecule has 29 heavy (non-hydrogen) atoms. The smallest absolute Gasteiger partial charge is 0.330 e. The van der Waals surface area contributed by atoms with Crippen LogP contribution < -0.4 is 5.32 Å². The molecule has 1 amide bonds. The summed E-state index contributed by atoms with van der Waals surface area (Å²) in [4.78, 5) is 36.4. The van der Waals surface area contributed by atoms with E-state index in [9.17, 15) is 14.4 Å². The lowest BCUT2D eigenvalue weighted by molar-refractivity contribution is -0.143. The lowest BCUT2D eigenvalue weighted by Gasteiger charge is -2.13. The fraction of sp³-hybridized carbons (Fsp3) is 0.263. The van der Waals surface area contributed by atoms with Crippen LogP contribution in [0.1, 0.15) is 35.8 Å². The van der Waals surface area contributed by atoms with Gasteiger partial charge < -0.3 is 10.1 Å². The van der Waals surface area contributed by atoms with E-state index >= 15 is 0 Å². The lowest BCUT2D eigenvalue weighted by atomic mass is 10.0. The molecular weight excluding hydrogens is 394 g/mol. The number of nitrogens with zero attached hydrogens (tertiary/aromatic N) is 4. The third-order valence-corrected chi connectivity index (χ3v) is 4.70. The molecule has 2 heterocycles. The maximum Gasteiger partial charge on any atom is 0.330 e. The average molecular weight is 413 g/mol. The van der Waals surface area contributed by atoms with Crippen molar-refractivity contribution in [1.29, 1.82) is 0 Å². The van der Waals surface area contributed by atoms with E-state index in [4.69, 9.17) is 4.74 Å². The molecule has 1 aromatic carbocycles. The Morgan fingerprint density at radius 2 is 1.97 bits per heavy atom. The van der Waals surface area contributed by atoms with Gasteiger partial charge in [-0.3, -0.25) is 9.59 Å². The van der Waals surface area contributed by atoms with E-state index in [1.54, 1.807) is 24.3 Å². The van der Waals surface area contributed by atoms with Crippen molar-refractivity contribution in [1.82, 2.24) is 25.5 Å². The van der Waals surface area contributed by atoms with Gasteiger partial charge in [0, 0.05) is 23.4 Å². The minimum atomic E-state index is -0.636. The molecule has 0 aliphatic carbocycles. The van der Waals surface area contributed by atoms with E-state index < -0.39 is 5.97 Å². The molecule has 0 spiro atoms. The van der Waals surface area contributed by atoms with Crippen molar-refractivity contribution < 1.29 is 19.1 Å². The fourth-order valence-electron chi connectivity index (χ4n) is 2.55. The molecule has 0 radical (unpaired) electrons. The maximum absolute atomic E-state index is 12.2. The van der Waals surface area contributed by atoms with Crippen LogP contribution in [0.15, 0.2) is 41.1 Å². The SMILES string of the molecule is CC(=O)N[C@H](C)c1ccc(C(=O)COC(=O)Cn2nnc(-c3ccsc3)n2)cc1. The second-order valence-electron chi connectivity index (χ2n) is 6.28. The number of thiophene rings is 1. The quantitative estimate of drug-likeness (QED) is 0.444. The number of rotatable bonds is 8. The topological polar surface area (TPSA) is 116 Å². The van der Waals surface area contributed by atoms with Gasteiger partial charge in [0.2, 0.25) is 11.7 Å². The number of benzene rings is 1. The summed E-state index contributed by atoms with van der Waals surface area (Å²) >= 11 is 1.51. The average Bonchev–Trinajstić information content (AvgIpc) is 3.37. The molecule has 0 aliphatic heterocycles. The number of carbonyl (C=O) groups is 3. The minimum absolute atomic E-state index is 0.131. The van der Waals surface area contributed by atoms with Gasteiger partial charge in [0.25, 0.3) is 0 Å². The van der Waals surface area contributed by atoms with Gasteiger partial charge in [-0.2, -0.15) is 16.1 Å². The van der Waals surface area contributed by atoms with Gasteiger partial charge in [0.05, 0.1) is 6.04 Å². The highest BCUT2D eigenvalue weighted by Gasteiger charge is 2.14. The van der Waals surface area contributed by atoms with Gasteiger partial charge in [0.1, 0.15) is 0 Å². The number of hydrogen-bond acceptors (Lipinski definition) is 8. The fourth-order valence-corrected chi connectivity index (χ4v) is 3.19. The highest BCUT2D eigenvalue weighted by atomic mass is 32.1. The Morgan fingerprint density at radius 3 is 2.62 bits per heavy atom. The van der Waals surface area contributed by atoms with Crippen molar-refractivity contribution in [2.24, 2.45) is 0 Å². The van der Waals surface area contributed by atoms with Crippen molar-refractivity contribution in [2.45, 2.75) is 26.4 Å². The highest BCUT2D eigenvalue weighted by molar-refractivity contribution is 7.08. The van der Waals surface area contributed by atoms with Gasteiger partial charge in [-0.05, 0) is 29.1 Å². The number of Topliss-reactive ketones (excluding diaryl/α,β-unsaturated/α-hetero) is 1. The molecule has 150 valence electrons. The zero-order chi connectivity index (χ0) is 20.8. The molecule has 0 saturated carbocycles. The molecule has 2 aromatic heterocycles. The Balaban J connectivity index is 1.50. The summed E-state index contributed by atoms with van der Waals surface area (Å²) < 4.78 is 5.02. The first-order valence-corrected chi connectivity index (χ1v) is 9.73. The molecule has 10 heteroatoms. The molecule has 3 rings (SSSR count).